The summed E-state index contributed by atoms with van der Waals surface area (Å²) in [5.41, 5.74) is 0. The summed E-state index contributed by atoms with van der Waals surface area (Å²) in [6.45, 7) is 0. The molecule has 6 heteroatoms. The first kappa shape index (κ1) is 48.1. The van der Waals surface area contributed by atoms with E-state index in [1.165, 1.54) is 0 Å². The molecule has 1 radical (unpaired) electrons. The van der Waals surface area contributed by atoms with Crippen LogP contribution in [0.15, 0.2) is 0 Å². The van der Waals surface area contributed by atoms with Gasteiger partial charge in [-0.25, -0.2) is 0 Å². The van der Waals surface area contributed by atoms with E-state index in [1.807, 2.05) is 0 Å². The molecule has 0 saturated heterocycles. The zero-order valence-electron chi connectivity index (χ0n) is 2.60. The Morgan fingerprint density at radius 2 is 0.500 bits per heavy atom. The summed E-state index contributed by atoms with van der Waals surface area (Å²) in [5.74, 6) is 0. The van der Waals surface area contributed by atoms with E-state index in [2.05, 4.69) is 0 Å². The van der Waals surface area contributed by atoms with E-state index in [9.17, 15) is 0 Å². The van der Waals surface area contributed by atoms with E-state index in [0.29, 0.717) is 0 Å². The first-order valence-electron chi connectivity index (χ1n) is 0. The molecule has 0 saturated carbocycles. The number of rotatable bonds is 0. The van der Waals surface area contributed by atoms with Gasteiger partial charge in [0.2, 0.25) is 0 Å². The molecule has 0 aliphatic carbocycles. The van der Waals surface area contributed by atoms with Crippen molar-refractivity contribution in [2.75, 3.05) is 0 Å². The Kier molecular flexibility index (Phi) is 277. The second kappa shape index (κ2) is 34.6. The van der Waals surface area contributed by atoms with E-state index in [4.69, 9.17) is 0 Å². The predicted molar refractivity (Wildman–Crippen MR) is 5.75 cm³/mol. The van der Waals surface area contributed by atoms with Crippen molar-refractivity contribution in [2.24, 2.45) is 0 Å². The molecule has 0 fully saturated rings. The second-order valence-electron chi connectivity index (χ2n) is 0. The summed E-state index contributed by atoms with van der Waals surface area (Å²) in [7, 11) is 0. The van der Waals surface area contributed by atoms with E-state index < -0.39 is 0 Å². The van der Waals surface area contributed by atoms with Crippen molar-refractivity contribution in [2.45, 2.75) is 0 Å². The summed E-state index contributed by atoms with van der Waals surface area (Å²) in [5, 5.41) is 0. The van der Waals surface area contributed by atoms with Gasteiger partial charge in [-0.15, -0.1) is 0 Å². The fourth-order valence-corrected chi connectivity index (χ4v) is 0. The van der Waals surface area contributed by atoms with Gasteiger partial charge in [0, 0.05) is 0 Å². The van der Waals surface area contributed by atoms with Crippen LogP contribution in [0.2, 0.25) is 0 Å². The van der Waals surface area contributed by atoms with Crippen LogP contribution in [0, 0.1) is 49.4 Å². The third kappa shape index (κ3) is 23.9. The first-order chi connectivity index (χ1) is 0. The summed E-state index contributed by atoms with van der Waals surface area (Å²) in [6.07, 6.45) is 0. The monoisotopic (exact) mass is 431 g/mol. The van der Waals surface area contributed by atoms with Crippen molar-refractivity contribution in [3.05, 3.63) is 0 Å². The summed E-state index contributed by atoms with van der Waals surface area (Å²) < 4.78 is 0. The maximum Gasteiger partial charge on any atom is 2.00 e. The Bertz CT molecular complexity index is 7.51. The molecule has 0 unspecified atom stereocenters. The number of halogens is 4. The van der Waals surface area contributed by atoms with Gasteiger partial charge in [-0.2, -0.15) is 0 Å². The van der Waals surface area contributed by atoms with Crippen LogP contribution in [-0.2, 0) is 0 Å². The van der Waals surface area contributed by atoms with Crippen molar-refractivity contribution < 1.29 is 99.0 Å². The van der Waals surface area contributed by atoms with Crippen LogP contribution >= 0.6 is 0 Å². The van der Waals surface area contributed by atoms with E-state index in [1.54, 1.807) is 0 Å². The maximum absolute atomic E-state index is 0. The van der Waals surface area contributed by atoms with Crippen molar-refractivity contribution in [3.63, 3.8) is 0 Å². The molecule has 0 aliphatic rings. The van der Waals surface area contributed by atoms with Gasteiger partial charge in [-0.1, -0.05) is 0 Å². The summed E-state index contributed by atoms with van der Waals surface area (Å²) in [6, 6.07) is 0. The Morgan fingerprint density at radius 3 is 0.500 bits per heavy atom. The summed E-state index contributed by atoms with van der Waals surface area (Å²) >= 11 is 0. The summed E-state index contributed by atoms with van der Waals surface area (Å²) in [4.78, 5) is 0. The van der Waals surface area contributed by atoms with Crippen LogP contribution in [0.25, 0.3) is 0 Å². The normalized spacial score (nSPS) is 0. The molecule has 0 heterocycles. The minimum Gasteiger partial charge on any atom is -1.00 e. The molecule has 0 N–H and O–H groups in total. The standard InChI is InChI=1S/Ba.4ClH.Eu/h;4*1H;/q+2;;;;;+2/p-4. The van der Waals surface area contributed by atoms with Gasteiger partial charge < -0.3 is 49.6 Å². The van der Waals surface area contributed by atoms with Gasteiger partial charge in [0.15, 0.2) is 0 Å². The van der Waals surface area contributed by atoms with E-state index in [-0.39, 0.29) is 148 Å². The van der Waals surface area contributed by atoms with Crippen molar-refractivity contribution in [1.29, 1.82) is 0 Å². The predicted octanol–water partition coefficient (Wildman–Crippen LogP) is -12.4. The smallest absolute Gasteiger partial charge is 1.00 e. The quantitative estimate of drug-likeness (QED) is 0.335. The minimum atomic E-state index is 0. The van der Waals surface area contributed by atoms with Crippen LogP contribution in [0.4, 0.5) is 0 Å². The Balaban J connectivity index is 0. The third-order valence-electron chi connectivity index (χ3n) is 0. The van der Waals surface area contributed by atoms with E-state index >= 15 is 0 Å². The molecule has 37 valence electrons. The maximum atomic E-state index is 0. The molecule has 0 rings (SSSR count). The average Bonchev–Trinajstić information content (AvgIpc) is 0. The Morgan fingerprint density at radius 1 is 0.500 bits per heavy atom. The molecule has 0 nitrogen and oxygen atoms in total. The Labute approximate surface area is 144 Å². The molecule has 0 atom stereocenters. The zero-order chi connectivity index (χ0) is 0. The SMILES string of the molecule is [Ba+2].[Cl-].[Cl-].[Cl-].[Cl-].[Eu+2]. The molecule has 6 heavy (non-hydrogen) atoms. The largest absolute Gasteiger partial charge is 2.00 e. The van der Waals surface area contributed by atoms with Crippen molar-refractivity contribution in [1.82, 2.24) is 0 Å². The molecular formula is BaCl4Eu. The fraction of sp³-hybridized carbons (Fsp3) is 0. The minimum absolute atomic E-state index is 0. The second-order valence-corrected chi connectivity index (χ2v) is 0. The number of hydrogen-bond acceptors (Lipinski definition) is 0. The molecule has 0 aromatic heterocycles. The third-order valence-corrected chi connectivity index (χ3v) is 0. The van der Waals surface area contributed by atoms with Crippen molar-refractivity contribution in [3.8, 4) is 0 Å². The van der Waals surface area contributed by atoms with E-state index in [0.717, 1.165) is 0 Å². The van der Waals surface area contributed by atoms with Gasteiger partial charge in [-0.05, 0) is 0 Å². The molecular weight excluding hydrogens is 431 g/mol. The number of hydrogen-bond donors (Lipinski definition) is 0. The van der Waals surface area contributed by atoms with Crippen LogP contribution in [0.3, 0.4) is 0 Å². The first-order valence-corrected chi connectivity index (χ1v) is 0. The molecule has 0 bridgehead atoms. The fourth-order valence-electron chi connectivity index (χ4n) is 0. The van der Waals surface area contributed by atoms with Gasteiger partial charge in [-0.3, -0.25) is 0 Å². The molecule has 0 aromatic rings. The van der Waals surface area contributed by atoms with Crippen LogP contribution in [0.5, 0.6) is 0 Å². The molecule has 0 amide bonds. The Hall–Kier alpha value is 4.32. The average molecular weight is 431 g/mol. The topological polar surface area (TPSA) is 0 Å². The van der Waals surface area contributed by atoms with Crippen LogP contribution in [-0.4, -0.2) is 48.9 Å². The van der Waals surface area contributed by atoms with Gasteiger partial charge >= 0.3 is 98.3 Å². The van der Waals surface area contributed by atoms with Crippen molar-refractivity contribution >= 4 is 48.9 Å². The molecule has 0 aromatic carbocycles. The molecule has 0 spiro atoms. The molecule has 0 aliphatic heterocycles. The van der Waals surface area contributed by atoms with Crippen LogP contribution < -0.4 is 49.6 Å². The zero-order valence-corrected chi connectivity index (χ0v) is 12.5. The van der Waals surface area contributed by atoms with Crippen LogP contribution in [0.1, 0.15) is 0 Å². The van der Waals surface area contributed by atoms with Gasteiger partial charge in [0.1, 0.15) is 0 Å². The van der Waals surface area contributed by atoms with Gasteiger partial charge in [0.25, 0.3) is 0 Å². The van der Waals surface area contributed by atoms with Gasteiger partial charge in [0.05, 0.1) is 0 Å².